The molecule has 1 fully saturated rings. The standard InChI is InChI=1S/C14H20N6O2/c1-18-12(8-20-6-4-15-10-20)16-17-14(18)11-3-2-5-19(7-11)9-13(21)22/h4,6,10-11H,2-3,5,7-9H2,1H3,(H,21,22)/t11-/m1/s1. The molecule has 1 N–H and O–H groups in total. The maximum atomic E-state index is 10.9. The molecule has 1 saturated heterocycles. The summed E-state index contributed by atoms with van der Waals surface area (Å²) in [7, 11) is 1.97. The second kappa shape index (κ2) is 6.27. The van der Waals surface area contributed by atoms with Gasteiger partial charge in [0.05, 0.1) is 19.4 Å². The highest BCUT2D eigenvalue weighted by molar-refractivity contribution is 5.69. The van der Waals surface area contributed by atoms with E-state index >= 15 is 0 Å². The minimum atomic E-state index is -0.778. The third-order valence-electron chi connectivity index (χ3n) is 4.11. The van der Waals surface area contributed by atoms with Gasteiger partial charge < -0.3 is 14.2 Å². The molecule has 1 atom stereocenters. The van der Waals surface area contributed by atoms with Crippen LogP contribution in [0.2, 0.25) is 0 Å². The highest BCUT2D eigenvalue weighted by Gasteiger charge is 2.26. The molecule has 8 nitrogen and oxygen atoms in total. The Morgan fingerprint density at radius 2 is 2.32 bits per heavy atom. The highest BCUT2D eigenvalue weighted by Crippen LogP contribution is 2.25. The molecule has 0 spiro atoms. The largest absolute Gasteiger partial charge is 0.480 e. The first kappa shape index (κ1) is 14.7. The molecule has 0 amide bonds. The van der Waals surface area contributed by atoms with Crippen molar-refractivity contribution in [2.45, 2.75) is 25.3 Å². The first-order valence-corrected chi connectivity index (χ1v) is 7.41. The molecule has 3 heterocycles. The maximum Gasteiger partial charge on any atom is 0.317 e. The van der Waals surface area contributed by atoms with Crippen LogP contribution in [0.4, 0.5) is 0 Å². The quantitative estimate of drug-likeness (QED) is 0.856. The Kier molecular flexibility index (Phi) is 4.19. The van der Waals surface area contributed by atoms with Crippen LogP contribution >= 0.6 is 0 Å². The SMILES string of the molecule is Cn1c(Cn2ccnc2)nnc1[C@@H]1CCCN(CC(=O)O)C1. The van der Waals surface area contributed by atoms with E-state index in [-0.39, 0.29) is 12.5 Å². The normalized spacial score (nSPS) is 19.4. The van der Waals surface area contributed by atoms with Crippen LogP contribution in [0.25, 0.3) is 0 Å². The smallest absolute Gasteiger partial charge is 0.317 e. The van der Waals surface area contributed by atoms with Crippen molar-refractivity contribution in [1.29, 1.82) is 0 Å². The van der Waals surface area contributed by atoms with Crippen molar-refractivity contribution in [2.75, 3.05) is 19.6 Å². The summed E-state index contributed by atoms with van der Waals surface area (Å²) >= 11 is 0. The summed E-state index contributed by atoms with van der Waals surface area (Å²) in [4.78, 5) is 16.9. The van der Waals surface area contributed by atoms with Crippen LogP contribution in [-0.2, 0) is 18.4 Å². The van der Waals surface area contributed by atoms with Crippen LogP contribution in [0.15, 0.2) is 18.7 Å². The number of likely N-dealkylation sites (tertiary alicyclic amines) is 1. The third kappa shape index (κ3) is 3.16. The van der Waals surface area contributed by atoms with E-state index in [4.69, 9.17) is 5.11 Å². The summed E-state index contributed by atoms with van der Waals surface area (Å²) in [5.41, 5.74) is 0. The van der Waals surface area contributed by atoms with Crippen molar-refractivity contribution < 1.29 is 9.90 Å². The number of carboxylic acids is 1. The number of piperidine rings is 1. The van der Waals surface area contributed by atoms with E-state index in [9.17, 15) is 4.79 Å². The monoisotopic (exact) mass is 304 g/mol. The summed E-state index contributed by atoms with van der Waals surface area (Å²) in [5.74, 6) is 1.27. The van der Waals surface area contributed by atoms with Gasteiger partial charge in [-0.1, -0.05) is 0 Å². The van der Waals surface area contributed by atoms with Gasteiger partial charge in [0.2, 0.25) is 0 Å². The molecule has 0 aromatic carbocycles. The van der Waals surface area contributed by atoms with E-state index < -0.39 is 5.97 Å². The molecule has 8 heteroatoms. The molecule has 0 radical (unpaired) electrons. The lowest BCUT2D eigenvalue weighted by molar-refractivity contribution is -0.138. The molecule has 3 rings (SSSR count). The maximum absolute atomic E-state index is 10.9. The first-order chi connectivity index (χ1) is 10.6. The van der Waals surface area contributed by atoms with Gasteiger partial charge in [-0.25, -0.2) is 4.98 Å². The summed E-state index contributed by atoms with van der Waals surface area (Å²) in [6.07, 6.45) is 7.39. The van der Waals surface area contributed by atoms with E-state index in [0.717, 1.165) is 37.6 Å². The number of imidazole rings is 1. The Hall–Kier alpha value is -2.22. The van der Waals surface area contributed by atoms with E-state index in [1.807, 2.05) is 27.3 Å². The Labute approximate surface area is 128 Å². The summed E-state index contributed by atoms with van der Waals surface area (Å²) < 4.78 is 3.97. The molecule has 118 valence electrons. The molecular weight excluding hydrogens is 284 g/mol. The second-order valence-corrected chi connectivity index (χ2v) is 5.74. The van der Waals surface area contributed by atoms with Crippen molar-refractivity contribution >= 4 is 5.97 Å². The molecule has 2 aromatic heterocycles. The number of rotatable bonds is 5. The first-order valence-electron chi connectivity index (χ1n) is 7.41. The van der Waals surface area contributed by atoms with E-state index in [2.05, 4.69) is 15.2 Å². The minimum Gasteiger partial charge on any atom is -0.480 e. The average Bonchev–Trinajstić information content (AvgIpc) is 3.10. The van der Waals surface area contributed by atoms with Gasteiger partial charge in [0.15, 0.2) is 5.82 Å². The Morgan fingerprint density at radius 3 is 3.05 bits per heavy atom. The fourth-order valence-electron chi connectivity index (χ4n) is 3.01. The van der Waals surface area contributed by atoms with Crippen LogP contribution in [0.3, 0.4) is 0 Å². The predicted octanol–water partition coefficient (Wildman–Crippen LogP) is 0.324. The molecular formula is C14H20N6O2. The Morgan fingerprint density at radius 1 is 1.45 bits per heavy atom. The zero-order valence-corrected chi connectivity index (χ0v) is 12.6. The zero-order chi connectivity index (χ0) is 15.5. The van der Waals surface area contributed by atoms with Crippen LogP contribution in [0, 0.1) is 0 Å². The third-order valence-corrected chi connectivity index (χ3v) is 4.11. The number of carbonyl (C=O) groups is 1. The minimum absolute atomic E-state index is 0.0935. The van der Waals surface area contributed by atoms with Crippen molar-refractivity contribution in [1.82, 2.24) is 29.2 Å². The van der Waals surface area contributed by atoms with Crippen LogP contribution in [0.5, 0.6) is 0 Å². The number of aromatic nitrogens is 5. The van der Waals surface area contributed by atoms with E-state index in [0.29, 0.717) is 6.54 Å². The molecule has 22 heavy (non-hydrogen) atoms. The van der Waals surface area contributed by atoms with Gasteiger partial charge in [-0.3, -0.25) is 9.69 Å². The van der Waals surface area contributed by atoms with Gasteiger partial charge >= 0.3 is 5.97 Å². The van der Waals surface area contributed by atoms with Crippen LogP contribution in [0.1, 0.15) is 30.4 Å². The molecule has 0 unspecified atom stereocenters. The van der Waals surface area contributed by atoms with Crippen molar-refractivity contribution in [3.05, 3.63) is 30.4 Å². The molecule has 0 bridgehead atoms. The predicted molar refractivity (Wildman–Crippen MR) is 78.4 cm³/mol. The zero-order valence-electron chi connectivity index (χ0n) is 12.6. The van der Waals surface area contributed by atoms with Crippen LogP contribution in [-0.4, -0.2) is 59.9 Å². The average molecular weight is 304 g/mol. The lowest BCUT2D eigenvalue weighted by atomic mass is 9.97. The van der Waals surface area contributed by atoms with Crippen molar-refractivity contribution in [3.63, 3.8) is 0 Å². The van der Waals surface area contributed by atoms with Gasteiger partial charge in [-0.15, -0.1) is 10.2 Å². The number of carboxylic acid groups (broad SMARTS) is 1. The van der Waals surface area contributed by atoms with E-state index in [1.165, 1.54) is 0 Å². The molecule has 1 aliphatic rings. The second-order valence-electron chi connectivity index (χ2n) is 5.74. The van der Waals surface area contributed by atoms with Crippen molar-refractivity contribution in [2.24, 2.45) is 7.05 Å². The Balaban J connectivity index is 1.71. The molecule has 0 saturated carbocycles. The number of hydrogen-bond acceptors (Lipinski definition) is 5. The van der Waals surface area contributed by atoms with Gasteiger partial charge in [0, 0.05) is 31.9 Å². The van der Waals surface area contributed by atoms with Gasteiger partial charge in [-0.2, -0.15) is 0 Å². The summed E-state index contributed by atoms with van der Waals surface area (Å²) in [5, 5.41) is 17.6. The Bertz CT molecular complexity index is 636. The van der Waals surface area contributed by atoms with Crippen molar-refractivity contribution in [3.8, 4) is 0 Å². The summed E-state index contributed by atoms with van der Waals surface area (Å²) in [6.45, 7) is 2.29. The summed E-state index contributed by atoms with van der Waals surface area (Å²) in [6, 6.07) is 0. The van der Waals surface area contributed by atoms with E-state index in [1.54, 1.807) is 12.5 Å². The highest BCUT2D eigenvalue weighted by atomic mass is 16.4. The van der Waals surface area contributed by atoms with Gasteiger partial charge in [-0.05, 0) is 19.4 Å². The lowest BCUT2D eigenvalue weighted by Gasteiger charge is -2.30. The fraction of sp³-hybridized carbons (Fsp3) is 0.571. The molecule has 0 aliphatic carbocycles. The van der Waals surface area contributed by atoms with Gasteiger partial charge in [0.25, 0.3) is 0 Å². The number of nitrogens with zero attached hydrogens (tertiary/aromatic N) is 6. The molecule has 2 aromatic rings. The number of hydrogen-bond donors (Lipinski definition) is 1. The lowest BCUT2D eigenvalue weighted by Crippen LogP contribution is -2.38. The molecule has 1 aliphatic heterocycles. The van der Waals surface area contributed by atoms with Gasteiger partial charge in [0.1, 0.15) is 5.82 Å². The fourth-order valence-corrected chi connectivity index (χ4v) is 3.01. The number of aliphatic carboxylic acids is 1. The van der Waals surface area contributed by atoms with Crippen LogP contribution < -0.4 is 0 Å². The topological polar surface area (TPSA) is 89.1 Å².